The lowest BCUT2D eigenvalue weighted by Gasteiger charge is -2.12. The lowest BCUT2D eigenvalue weighted by Crippen LogP contribution is -2.30. The Kier molecular flexibility index (Phi) is 6.48. The van der Waals surface area contributed by atoms with E-state index in [9.17, 15) is 14.4 Å². The molecule has 1 atom stereocenters. The van der Waals surface area contributed by atoms with Crippen LogP contribution in [0.15, 0.2) is 34.9 Å². The summed E-state index contributed by atoms with van der Waals surface area (Å²) >= 11 is 0. The Morgan fingerprint density at radius 2 is 1.92 bits per heavy atom. The lowest BCUT2D eigenvalue weighted by atomic mass is 10.1. The summed E-state index contributed by atoms with van der Waals surface area (Å²) in [6.45, 7) is 4.73. The first kappa shape index (κ1) is 19.2. The molecule has 2 rings (SSSR count). The zero-order valence-electron chi connectivity index (χ0n) is 14.8. The predicted molar refractivity (Wildman–Crippen MR) is 92.0 cm³/mol. The highest BCUT2D eigenvalue weighted by Gasteiger charge is 2.19. The summed E-state index contributed by atoms with van der Waals surface area (Å²) in [6.07, 6.45) is -0.996. The highest BCUT2D eigenvalue weighted by Crippen LogP contribution is 2.13. The number of benzene rings is 1. The van der Waals surface area contributed by atoms with E-state index in [4.69, 9.17) is 14.0 Å². The smallest absolute Gasteiger partial charge is 0.310 e. The molecule has 1 aromatic carbocycles. The first-order chi connectivity index (χ1) is 12.3. The van der Waals surface area contributed by atoms with Gasteiger partial charge in [0.25, 0.3) is 5.91 Å². The standard InChI is InChI=1S/C18H20N2O6/c1-11-10-16(20-26-11)19-18(23)13(3)25-17(22)8-9-24-15-6-4-14(5-7-15)12(2)21/h4-7,10,13H,8-9H2,1-3H3,(H,19,20,23). The maximum absolute atomic E-state index is 11.9. The molecule has 0 fully saturated rings. The molecule has 2 aromatic rings. The topological polar surface area (TPSA) is 108 Å². The van der Waals surface area contributed by atoms with Crippen LogP contribution >= 0.6 is 0 Å². The molecule has 26 heavy (non-hydrogen) atoms. The minimum atomic E-state index is -0.977. The molecule has 1 unspecified atom stereocenters. The van der Waals surface area contributed by atoms with Crippen molar-refractivity contribution < 1.29 is 28.4 Å². The van der Waals surface area contributed by atoms with E-state index < -0.39 is 18.0 Å². The number of carbonyl (C=O) groups is 3. The molecule has 0 aliphatic heterocycles. The van der Waals surface area contributed by atoms with E-state index in [0.717, 1.165) is 0 Å². The number of aryl methyl sites for hydroxylation is 1. The molecule has 8 heteroatoms. The normalized spacial score (nSPS) is 11.5. The molecule has 138 valence electrons. The van der Waals surface area contributed by atoms with Crippen LogP contribution in [0.4, 0.5) is 5.82 Å². The van der Waals surface area contributed by atoms with Crippen LogP contribution in [0.1, 0.15) is 36.4 Å². The number of anilines is 1. The number of hydrogen-bond donors (Lipinski definition) is 1. The Morgan fingerprint density at radius 3 is 2.50 bits per heavy atom. The third-order valence-electron chi connectivity index (χ3n) is 3.39. The van der Waals surface area contributed by atoms with Crippen LogP contribution in [0.3, 0.4) is 0 Å². The van der Waals surface area contributed by atoms with Crippen molar-refractivity contribution in [3.05, 3.63) is 41.7 Å². The molecule has 8 nitrogen and oxygen atoms in total. The zero-order valence-corrected chi connectivity index (χ0v) is 14.8. The second kappa shape index (κ2) is 8.80. The third kappa shape index (κ3) is 5.73. The van der Waals surface area contributed by atoms with Crippen molar-refractivity contribution >= 4 is 23.5 Å². The number of amides is 1. The number of ketones is 1. The van der Waals surface area contributed by atoms with E-state index in [1.165, 1.54) is 13.8 Å². The van der Waals surface area contributed by atoms with Gasteiger partial charge in [-0.2, -0.15) is 0 Å². The fraction of sp³-hybridized carbons (Fsp3) is 0.333. The van der Waals surface area contributed by atoms with Crippen LogP contribution in [-0.4, -0.2) is 35.5 Å². The largest absolute Gasteiger partial charge is 0.493 e. The molecule has 0 aliphatic rings. The number of ether oxygens (including phenoxy) is 2. The van der Waals surface area contributed by atoms with Crippen molar-refractivity contribution in [1.29, 1.82) is 0 Å². The number of nitrogens with one attached hydrogen (secondary N) is 1. The molecule has 1 aromatic heterocycles. The van der Waals surface area contributed by atoms with Crippen molar-refractivity contribution in [2.45, 2.75) is 33.3 Å². The van der Waals surface area contributed by atoms with Crippen LogP contribution in [-0.2, 0) is 14.3 Å². The Hall–Kier alpha value is -3.16. The maximum atomic E-state index is 11.9. The molecule has 1 heterocycles. The number of nitrogens with zero attached hydrogens (tertiary/aromatic N) is 1. The van der Waals surface area contributed by atoms with Gasteiger partial charge >= 0.3 is 5.97 Å². The Labute approximate surface area is 150 Å². The first-order valence-electron chi connectivity index (χ1n) is 8.02. The molecule has 0 aliphatic carbocycles. The quantitative estimate of drug-likeness (QED) is 0.569. The van der Waals surface area contributed by atoms with Crippen LogP contribution in [0.5, 0.6) is 5.75 Å². The van der Waals surface area contributed by atoms with Gasteiger partial charge in [-0.1, -0.05) is 5.16 Å². The molecule has 1 N–H and O–H groups in total. The molecule has 1 amide bonds. The molecule has 0 saturated carbocycles. The fourth-order valence-corrected chi connectivity index (χ4v) is 2.00. The van der Waals surface area contributed by atoms with Gasteiger partial charge in [-0.3, -0.25) is 14.4 Å². The van der Waals surface area contributed by atoms with E-state index >= 15 is 0 Å². The molecular formula is C18H20N2O6. The summed E-state index contributed by atoms with van der Waals surface area (Å²) in [5.74, 6) is 0.242. The van der Waals surface area contributed by atoms with Gasteiger partial charge in [-0.05, 0) is 45.0 Å². The number of rotatable bonds is 8. The summed E-state index contributed by atoms with van der Waals surface area (Å²) in [4.78, 5) is 34.9. The van der Waals surface area contributed by atoms with Gasteiger partial charge in [0, 0.05) is 11.6 Å². The van der Waals surface area contributed by atoms with Crippen LogP contribution in [0.25, 0.3) is 0 Å². The van der Waals surface area contributed by atoms with Crippen LogP contribution < -0.4 is 10.1 Å². The minimum absolute atomic E-state index is 0.0187. The molecule has 0 radical (unpaired) electrons. The summed E-state index contributed by atoms with van der Waals surface area (Å²) in [6, 6.07) is 8.15. The second-order valence-corrected chi connectivity index (χ2v) is 5.62. The predicted octanol–water partition coefficient (Wildman–Crippen LogP) is 2.52. The first-order valence-corrected chi connectivity index (χ1v) is 8.02. The third-order valence-corrected chi connectivity index (χ3v) is 3.39. The Morgan fingerprint density at radius 1 is 1.23 bits per heavy atom. The minimum Gasteiger partial charge on any atom is -0.493 e. The molecular weight excluding hydrogens is 340 g/mol. The van der Waals surface area contributed by atoms with Crippen LogP contribution in [0.2, 0.25) is 0 Å². The average molecular weight is 360 g/mol. The average Bonchev–Trinajstić information content (AvgIpc) is 3.00. The molecule has 0 spiro atoms. The van der Waals surface area contributed by atoms with Crippen LogP contribution in [0, 0.1) is 6.92 Å². The van der Waals surface area contributed by atoms with Gasteiger partial charge in [-0.15, -0.1) is 0 Å². The number of carbonyl (C=O) groups excluding carboxylic acids is 3. The summed E-state index contributed by atoms with van der Waals surface area (Å²) in [5, 5.41) is 6.11. The van der Waals surface area contributed by atoms with Gasteiger partial charge in [0.05, 0.1) is 13.0 Å². The van der Waals surface area contributed by atoms with E-state index in [0.29, 0.717) is 17.1 Å². The van der Waals surface area contributed by atoms with E-state index in [-0.39, 0.29) is 24.6 Å². The SMILES string of the molecule is CC(=O)c1ccc(OCCC(=O)OC(C)C(=O)Nc2cc(C)on2)cc1. The van der Waals surface area contributed by atoms with Crippen molar-refractivity contribution in [2.75, 3.05) is 11.9 Å². The summed E-state index contributed by atoms with van der Waals surface area (Å²) in [5.41, 5.74) is 0.582. The van der Waals surface area contributed by atoms with Gasteiger partial charge in [0.2, 0.25) is 0 Å². The Balaban J connectivity index is 1.72. The highest BCUT2D eigenvalue weighted by molar-refractivity contribution is 5.94. The second-order valence-electron chi connectivity index (χ2n) is 5.62. The summed E-state index contributed by atoms with van der Waals surface area (Å²) in [7, 11) is 0. The van der Waals surface area contributed by atoms with Crippen molar-refractivity contribution in [3.63, 3.8) is 0 Å². The number of aromatic nitrogens is 1. The van der Waals surface area contributed by atoms with Crippen molar-refractivity contribution in [3.8, 4) is 5.75 Å². The fourth-order valence-electron chi connectivity index (χ4n) is 2.00. The monoisotopic (exact) mass is 360 g/mol. The Bertz CT molecular complexity index is 781. The van der Waals surface area contributed by atoms with Crippen molar-refractivity contribution in [2.24, 2.45) is 0 Å². The van der Waals surface area contributed by atoms with Gasteiger partial charge < -0.3 is 19.3 Å². The highest BCUT2D eigenvalue weighted by atomic mass is 16.6. The van der Waals surface area contributed by atoms with E-state index in [1.807, 2.05) is 0 Å². The molecule has 0 saturated heterocycles. The van der Waals surface area contributed by atoms with Gasteiger partial charge in [0.15, 0.2) is 17.7 Å². The number of hydrogen-bond acceptors (Lipinski definition) is 7. The maximum Gasteiger partial charge on any atom is 0.310 e. The van der Waals surface area contributed by atoms with E-state index in [1.54, 1.807) is 37.3 Å². The number of Topliss-reactive ketones (excluding diaryl/α,β-unsaturated/α-hetero) is 1. The number of esters is 1. The van der Waals surface area contributed by atoms with Gasteiger partial charge in [0.1, 0.15) is 11.5 Å². The van der Waals surface area contributed by atoms with E-state index in [2.05, 4.69) is 10.5 Å². The molecule has 0 bridgehead atoms. The van der Waals surface area contributed by atoms with Gasteiger partial charge in [-0.25, -0.2) is 0 Å². The zero-order chi connectivity index (χ0) is 19.1. The summed E-state index contributed by atoms with van der Waals surface area (Å²) < 4.78 is 15.3. The van der Waals surface area contributed by atoms with Crippen molar-refractivity contribution in [1.82, 2.24) is 5.16 Å². The lowest BCUT2D eigenvalue weighted by molar-refractivity contribution is -0.153.